The molecule has 168 valence electrons. The third-order valence-electron chi connectivity index (χ3n) is 4.63. The minimum Gasteiger partial charge on any atom is -0.497 e. The Morgan fingerprint density at radius 3 is 2.12 bits per heavy atom. The molecule has 0 saturated carbocycles. The first-order valence-electron chi connectivity index (χ1n) is 10.0. The molecule has 3 aromatic rings. The Bertz CT molecular complexity index is 1280. The zero-order chi connectivity index (χ0) is 23.8. The maximum atomic E-state index is 13.5. The van der Waals surface area contributed by atoms with Gasteiger partial charge in [-0.25, -0.2) is 8.42 Å². The molecule has 0 aliphatic rings. The normalized spacial score (nSPS) is 11.4. The summed E-state index contributed by atoms with van der Waals surface area (Å²) in [6, 6.07) is 22.2. The van der Waals surface area contributed by atoms with Gasteiger partial charge < -0.3 is 9.47 Å². The van der Waals surface area contributed by atoms with E-state index in [0.29, 0.717) is 28.0 Å². The minimum atomic E-state index is -4.31. The summed E-state index contributed by atoms with van der Waals surface area (Å²) in [6.45, 7) is 2.26. The number of rotatable bonds is 8. The van der Waals surface area contributed by atoms with Crippen molar-refractivity contribution in [1.82, 2.24) is 0 Å². The van der Waals surface area contributed by atoms with Gasteiger partial charge in [0.1, 0.15) is 23.1 Å². The van der Waals surface area contributed by atoms with Crippen LogP contribution in [0.15, 0.2) is 89.3 Å². The van der Waals surface area contributed by atoms with E-state index in [4.69, 9.17) is 9.47 Å². The predicted octanol–water partition coefficient (Wildman–Crippen LogP) is 4.42. The van der Waals surface area contributed by atoms with E-state index in [1.165, 1.54) is 37.5 Å². The molecule has 33 heavy (non-hydrogen) atoms. The lowest BCUT2D eigenvalue weighted by atomic mass is 10.1. The van der Waals surface area contributed by atoms with Gasteiger partial charge in [-0.1, -0.05) is 30.3 Å². The van der Waals surface area contributed by atoms with Crippen LogP contribution in [0.1, 0.15) is 12.5 Å². The summed E-state index contributed by atoms with van der Waals surface area (Å²) in [6.07, 6.45) is 1.34. The molecule has 0 heterocycles. The molecule has 0 aromatic heterocycles. The predicted molar refractivity (Wildman–Crippen MR) is 125 cm³/mol. The molecular weight excluding hydrogens is 440 g/mol. The Balaban J connectivity index is 2.10. The molecule has 0 spiro atoms. The molecule has 0 fully saturated rings. The van der Waals surface area contributed by atoms with Crippen molar-refractivity contribution in [1.29, 1.82) is 5.26 Å². The number of methoxy groups -OCH3 is 1. The number of sulfonamides is 1. The number of nitriles is 1. The van der Waals surface area contributed by atoms with Crippen LogP contribution in [-0.4, -0.2) is 28.0 Å². The van der Waals surface area contributed by atoms with Gasteiger partial charge in [0.2, 0.25) is 0 Å². The van der Waals surface area contributed by atoms with Gasteiger partial charge in [0, 0.05) is 0 Å². The fraction of sp³-hybridized carbons (Fsp3) is 0.120. The van der Waals surface area contributed by atoms with Crippen LogP contribution < -0.4 is 13.8 Å². The molecular formula is C25H22N2O5S. The van der Waals surface area contributed by atoms with Crippen molar-refractivity contribution in [3.63, 3.8) is 0 Å². The molecule has 0 aliphatic carbocycles. The van der Waals surface area contributed by atoms with Gasteiger partial charge in [0.25, 0.3) is 15.9 Å². The second-order valence-corrected chi connectivity index (χ2v) is 8.54. The van der Waals surface area contributed by atoms with Gasteiger partial charge in [0.05, 0.1) is 24.3 Å². The minimum absolute atomic E-state index is 0.0750. The van der Waals surface area contributed by atoms with Crippen molar-refractivity contribution in [3.8, 4) is 17.6 Å². The van der Waals surface area contributed by atoms with Crippen molar-refractivity contribution in [2.75, 3.05) is 18.0 Å². The van der Waals surface area contributed by atoms with E-state index in [-0.39, 0.29) is 16.2 Å². The molecule has 0 atom stereocenters. The number of anilines is 1. The van der Waals surface area contributed by atoms with Crippen LogP contribution in [0.4, 0.5) is 5.69 Å². The number of amides is 1. The van der Waals surface area contributed by atoms with Crippen molar-refractivity contribution in [2.45, 2.75) is 11.8 Å². The fourth-order valence-electron chi connectivity index (χ4n) is 3.03. The Morgan fingerprint density at radius 2 is 1.58 bits per heavy atom. The summed E-state index contributed by atoms with van der Waals surface area (Å²) >= 11 is 0. The highest BCUT2D eigenvalue weighted by Crippen LogP contribution is 2.28. The van der Waals surface area contributed by atoms with Crippen molar-refractivity contribution >= 4 is 27.7 Å². The number of benzene rings is 3. The Labute approximate surface area is 193 Å². The highest BCUT2D eigenvalue weighted by atomic mass is 32.2. The van der Waals surface area contributed by atoms with Gasteiger partial charge in [0.15, 0.2) is 0 Å². The van der Waals surface area contributed by atoms with E-state index in [2.05, 4.69) is 0 Å². The first-order valence-corrected chi connectivity index (χ1v) is 11.5. The third kappa shape index (κ3) is 5.40. The number of carbonyl (C=O) groups excluding carboxylic acids is 1. The van der Waals surface area contributed by atoms with Gasteiger partial charge >= 0.3 is 0 Å². The summed E-state index contributed by atoms with van der Waals surface area (Å²) in [4.78, 5) is 13.4. The molecule has 3 aromatic carbocycles. The molecule has 8 heteroatoms. The van der Waals surface area contributed by atoms with E-state index in [1.807, 2.05) is 13.0 Å². The fourth-order valence-corrected chi connectivity index (χ4v) is 4.45. The monoisotopic (exact) mass is 462 g/mol. The molecule has 1 amide bonds. The molecule has 0 saturated heterocycles. The average molecular weight is 463 g/mol. The Hall–Kier alpha value is -4.09. The summed E-state index contributed by atoms with van der Waals surface area (Å²) in [5, 5.41) is 9.70. The maximum absolute atomic E-state index is 13.5. The standard InChI is InChI=1S/C25H22N2O5S/c1-3-32-23-15-11-21(12-16-23)27(33(29,30)24-7-5-4-6-8-24)25(28)20(18-26)17-19-9-13-22(31-2)14-10-19/h4-17H,3H2,1-2H3/b20-17+. The van der Waals surface area contributed by atoms with Crippen molar-refractivity contribution in [3.05, 3.63) is 90.0 Å². The molecule has 0 bridgehead atoms. The molecule has 0 aliphatic heterocycles. The number of nitrogens with zero attached hydrogens (tertiary/aromatic N) is 2. The van der Waals surface area contributed by atoms with Crippen LogP contribution in [0.5, 0.6) is 11.5 Å². The van der Waals surface area contributed by atoms with Crippen LogP contribution in [0.25, 0.3) is 6.08 Å². The second kappa shape index (κ2) is 10.5. The number of hydrogen-bond acceptors (Lipinski definition) is 6. The van der Waals surface area contributed by atoms with E-state index >= 15 is 0 Å². The second-order valence-electron chi connectivity index (χ2n) is 6.76. The number of carbonyl (C=O) groups is 1. The summed E-state index contributed by atoms with van der Waals surface area (Å²) in [5.41, 5.74) is 0.293. The molecule has 7 nitrogen and oxygen atoms in total. The number of ether oxygens (including phenoxy) is 2. The summed E-state index contributed by atoms with van der Waals surface area (Å²) in [5.74, 6) is 0.168. The lowest BCUT2D eigenvalue weighted by Crippen LogP contribution is -2.37. The summed E-state index contributed by atoms with van der Waals surface area (Å²) < 4.78 is 38.1. The summed E-state index contributed by atoms with van der Waals surface area (Å²) in [7, 11) is -2.78. The van der Waals surface area contributed by atoms with Crippen molar-refractivity contribution < 1.29 is 22.7 Å². The topological polar surface area (TPSA) is 96.7 Å². The Kier molecular flexibility index (Phi) is 7.49. The molecule has 0 unspecified atom stereocenters. The first-order chi connectivity index (χ1) is 15.9. The molecule has 3 rings (SSSR count). The third-order valence-corrected chi connectivity index (χ3v) is 6.35. The van der Waals surface area contributed by atoms with E-state index in [9.17, 15) is 18.5 Å². The maximum Gasteiger partial charge on any atom is 0.282 e. The highest BCUT2D eigenvalue weighted by molar-refractivity contribution is 7.93. The zero-order valence-corrected chi connectivity index (χ0v) is 19.0. The van der Waals surface area contributed by atoms with Crippen LogP contribution >= 0.6 is 0 Å². The van der Waals surface area contributed by atoms with Crippen molar-refractivity contribution in [2.24, 2.45) is 0 Å². The van der Waals surface area contributed by atoms with Gasteiger partial charge in [-0.05, 0) is 67.1 Å². The van der Waals surface area contributed by atoms with Gasteiger partial charge in [-0.3, -0.25) is 4.79 Å². The van der Waals surface area contributed by atoms with Crippen LogP contribution in [0.2, 0.25) is 0 Å². The smallest absolute Gasteiger partial charge is 0.282 e. The van der Waals surface area contributed by atoms with E-state index in [0.717, 1.165) is 0 Å². The van der Waals surface area contributed by atoms with Gasteiger partial charge in [-0.2, -0.15) is 9.57 Å². The number of hydrogen-bond donors (Lipinski definition) is 0. The van der Waals surface area contributed by atoms with E-state index < -0.39 is 15.9 Å². The van der Waals surface area contributed by atoms with Crippen LogP contribution in [0.3, 0.4) is 0 Å². The highest BCUT2D eigenvalue weighted by Gasteiger charge is 2.33. The van der Waals surface area contributed by atoms with Gasteiger partial charge in [-0.15, -0.1) is 0 Å². The lowest BCUT2D eigenvalue weighted by Gasteiger charge is -2.22. The first kappa shape index (κ1) is 23.6. The lowest BCUT2D eigenvalue weighted by molar-refractivity contribution is -0.113. The molecule has 0 radical (unpaired) electrons. The van der Waals surface area contributed by atoms with Crippen LogP contribution in [-0.2, 0) is 14.8 Å². The quantitative estimate of drug-likeness (QED) is 0.363. The largest absolute Gasteiger partial charge is 0.497 e. The van der Waals surface area contributed by atoms with Crippen LogP contribution in [0, 0.1) is 11.3 Å². The zero-order valence-electron chi connectivity index (χ0n) is 18.1. The SMILES string of the molecule is CCOc1ccc(N(C(=O)/C(C#N)=C/c2ccc(OC)cc2)S(=O)(=O)c2ccccc2)cc1. The molecule has 0 N–H and O–H groups in total. The van der Waals surface area contributed by atoms with E-state index in [1.54, 1.807) is 54.6 Å². The Morgan fingerprint density at radius 1 is 0.970 bits per heavy atom. The average Bonchev–Trinajstić information content (AvgIpc) is 2.84.